The van der Waals surface area contributed by atoms with E-state index in [0.29, 0.717) is 11.4 Å². The molecule has 2 heterocycles. The summed E-state index contributed by atoms with van der Waals surface area (Å²) in [6.07, 6.45) is 2.41. The topological polar surface area (TPSA) is 65.9 Å². The summed E-state index contributed by atoms with van der Waals surface area (Å²) >= 11 is 1.34. The van der Waals surface area contributed by atoms with Gasteiger partial charge in [0.2, 0.25) is 0 Å². The first-order chi connectivity index (χ1) is 7.26. The van der Waals surface area contributed by atoms with Gasteiger partial charge in [0.05, 0.1) is 0 Å². The van der Waals surface area contributed by atoms with Crippen molar-refractivity contribution < 1.29 is 0 Å². The molecule has 1 aliphatic heterocycles. The zero-order valence-electron chi connectivity index (χ0n) is 8.73. The van der Waals surface area contributed by atoms with E-state index in [4.69, 9.17) is 11.0 Å². The summed E-state index contributed by atoms with van der Waals surface area (Å²) < 4.78 is 4.04. The summed E-state index contributed by atoms with van der Waals surface area (Å²) in [6, 6.07) is 2.13. The standard InChI is InChI=1S/C10H14N4S/c1-2-7-3-4-14(6-7)10-8(5-11)9(12)13-15-10/h7H,2-4,6H2,1H3,(H2,12,13). The molecule has 5 heteroatoms. The molecule has 2 N–H and O–H groups in total. The van der Waals surface area contributed by atoms with Gasteiger partial charge in [0, 0.05) is 13.1 Å². The number of hydrogen-bond donors (Lipinski definition) is 1. The molecule has 0 aliphatic carbocycles. The fourth-order valence-electron chi connectivity index (χ4n) is 1.96. The molecule has 80 valence electrons. The Morgan fingerprint density at radius 3 is 3.13 bits per heavy atom. The van der Waals surface area contributed by atoms with Crippen LogP contribution in [0.25, 0.3) is 0 Å². The van der Waals surface area contributed by atoms with E-state index < -0.39 is 0 Å². The van der Waals surface area contributed by atoms with Crippen molar-refractivity contribution in [1.29, 1.82) is 5.26 Å². The SMILES string of the molecule is CCC1CCN(c2snc(N)c2C#N)C1. The molecular weight excluding hydrogens is 208 g/mol. The average Bonchev–Trinajstić information content (AvgIpc) is 2.83. The Hall–Kier alpha value is -1.28. The van der Waals surface area contributed by atoms with E-state index in [-0.39, 0.29) is 0 Å². The van der Waals surface area contributed by atoms with Gasteiger partial charge in [-0.3, -0.25) is 0 Å². The molecule has 0 bridgehead atoms. The molecule has 1 fully saturated rings. The van der Waals surface area contributed by atoms with E-state index in [0.717, 1.165) is 24.0 Å². The van der Waals surface area contributed by atoms with Crippen molar-refractivity contribution in [2.45, 2.75) is 19.8 Å². The van der Waals surface area contributed by atoms with Crippen LogP contribution in [-0.4, -0.2) is 17.5 Å². The molecule has 0 amide bonds. The largest absolute Gasteiger partial charge is 0.382 e. The number of nitrogen functional groups attached to an aromatic ring is 1. The maximum atomic E-state index is 8.98. The van der Waals surface area contributed by atoms with E-state index in [1.165, 1.54) is 24.4 Å². The smallest absolute Gasteiger partial charge is 0.157 e. The van der Waals surface area contributed by atoms with E-state index in [2.05, 4.69) is 22.3 Å². The summed E-state index contributed by atoms with van der Waals surface area (Å²) in [5, 5.41) is 9.93. The van der Waals surface area contributed by atoms with Gasteiger partial charge in [-0.2, -0.15) is 9.64 Å². The predicted octanol–water partition coefficient (Wildman–Crippen LogP) is 1.83. The van der Waals surface area contributed by atoms with E-state index >= 15 is 0 Å². The Kier molecular flexibility index (Phi) is 2.78. The van der Waals surface area contributed by atoms with Crippen LogP contribution in [0.3, 0.4) is 0 Å². The van der Waals surface area contributed by atoms with Crippen LogP contribution in [0.4, 0.5) is 10.8 Å². The number of aromatic nitrogens is 1. The van der Waals surface area contributed by atoms with Crippen LogP contribution >= 0.6 is 11.5 Å². The van der Waals surface area contributed by atoms with Gasteiger partial charge in [-0.25, -0.2) is 0 Å². The predicted molar refractivity (Wildman–Crippen MR) is 61.9 cm³/mol. The number of nitrogens with zero attached hydrogens (tertiary/aromatic N) is 3. The molecule has 15 heavy (non-hydrogen) atoms. The van der Waals surface area contributed by atoms with Gasteiger partial charge in [-0.1, -0.05) is 13.3 Å². The number of anilines is 2. The first-order valence-electron chi connectivity index (χ1n) is 5.16. The highest BCUT2D eigenvalue weighted by atomic mass is 32.1. The molecule has 1 saturated heterocycles. The van der Waals surface area contributed by atoms with Crippen molar-refractivity contribution in [1.82, 2.24) is 4.37 Å². The first kappa shape index (κ1) is 10.2. The fourth-order valence-corrected chi connectivity index (χ4v) is 2.76. The van der Waals surface area contributed by atoms with Crippen LogP contribution in [0.1, 0.15) is 25.3 Å². The zero-order valence-corrected chi connectivity index (χ0v) is 9.55. The van der Waals surface area contributed by atoms with Gasteiger partial charge in [-0.15, -0.1) is 0 Å². The first-order valence-corrected chi connectivity index (χ1v) is 5.93. The molecule has 2 rings (SSSR count). The third kappa shape index (κ3) is 1.77. The number of hydrogen-bond acceptors (Lipinski definition) is 5. The third-order valence-corrected chi connectivity index (χ3v) is 3.89. The Labute approximate surface area is 93.5 Å². The van der Waals surface area contributed by atoms with Crippen LogP contribution in [0, 0.1) is 17.2 Å². The Balaban J connectivity index is 2.21. The monoisotopic (exact) mass is 222 g/mol. The van der Waals surface area contributed by atoms with E-state index in [1.54, 1.807) is 0 Å². The molecule has 1 aliphatic rings. The van der Waals surface area contributed by atoms with E-state index in [9.17, 15) is 0 Å². The van der Waals surface area contributed by atoms with Crippen molar-refractivity contribution in [2.75, 3.05) is 23.7 Å². The van der Waals surface area contributed by atoms with Gasteiger partial charge in [0.1, 0.15) is 16.6 Å². The quantitative estimate of drug-likeness (QED) is 0.829. The molecule has 0 spiro atoms. The second-order valence-corrected chi connectivity index (χ2v) is 4.62. The molecule has 0 aromatic carbocycles. The average molecular weight is 222 g/mol. The molecular formula is C10H14N4S. The van der Waals surface area contributed by atoms with Crippen molar-refractivity contribution in [3.8, 4) is 6.07 Å². The molecule has 1 unspecified atom stereocenters. The lowest BCUT2D eigenvalue weighted by Gasteiger charge is -2.15. The second-order valence-electron chi connectivity index (χ2n) is 3.87. The van der Waals surface area contributed by atoms with Crippen LogP contribution in [0.5, 0.6) is 0 Å². The Morgan fingerprint density at radius 1 is 1.73 bits per heavy atom. The number of rotatable bonds is 2. The highest BCUT2D eigenvalue weighted by Gasteiger charge is 2.25. The molecule has 0 saturated carbocycles. The molecule has 4 nitrogen and oxygen atoms in total. The lowest BCUT2D eigenvalue weighted by molar-refractivity contribution is 0.569. The number of nitriles is 1. The summed E-state index contributed by atoms with van der Waals surface area (Å²) in [5.41, 5.74) is 6.19. The maximum Gasteiger partial charge on any atom is 0.157 e. The maximum absolute atomic E-state index is 8.98. The minimum Gasteiger partial charge on any atom is -0.382 e. The van der Waals surface area contributed by atoms with Crippen molar-refractivity contribution in [3.63, 3.8) is 0 Å². The highest BCUT2D eigenvalue weighted by Crippen LogP contribution is 2.33. The molecule has 1 aromatic rings. The van der Waals surface area contributed by atoms with Crippen LogP contribution in [-0.2, 0) is 0 Å². The van der Waals surface area contributed by atoms with Crippen molar-refractivity contribution in [3.05, 3.63) is 5.56 Å². The van der Waals surface area contributed by atoms with E-state index in [1.807, 2.05) is 0 Å². The van der Waals surface area contributed by atoms with Gasteiger partial charge in [0.25, 0.3) is 0 Å². The number of nitrogens with two attached hydrogens (primary N) is 1. The van der Waals surface area contributed by atoms with Crippen LogP contribution in [0.2, 0.25) is 0 Å². The normalized spacial score (nSPS) is 20.5. The molecule has 0 radical (unpaired) electrons. The molecule has 1 aromatic heterocycles. The van der Waals surface area contributed by atoms with Gasteiger partial charge in [-0.05, 0) is 23.9 Å². The second kappa shape index (κ2) is 4.07. The summed E-state index contributed by atoms with van der Waals surface area (Å²) in [6.45, 7) is 4.27. The third-order valence-electron chi connectivity index (χ3n) is 2.96. The lowest BCUT2D eigenvalue weighted by atomic mass is 10.1. The van der Waals surface area contributed by atoms with Gasteiger partial charge < -0.3 is 10.6 Å². The van der Waals surface area contributed by atoms with Crippen molar-refractivity contribution in [2.24, 2.45) is 5.92 Å². The highest BCUT2D eigenvalue weighted by molar-refractivity contribution is 7.10. The Morgan fingerprint density at radius 2 is 2.53 bits per heavy atom. The zero-order chi connectivity index (χ0) is 10.8. The van der Waals surface area contributed by atoms with Gasteiger partial charge >= 0.3 is 0 Å². The minimum atomic E-state index is 0.373. The van der Waals surface area contributed by atoms with Crippen molar-refractivity contribution >= 4 is 22.4 Å². The summed E-state index contributed by atoms with van der Waals surface area (Å²) in [7, 11) is 0. The Bertz CT molecular complexity index is 393. The summed E-state index contributed by atoms with van der Waals surface area (Å²) in [4.78, 5) is 2.24. The lowest BCUT2D eigenvalue weighted by Crippen LogP contribution is -2.19. The summed E-state index contributed by atoms with van der Waals surface area (Å²) in [5.74, 6) is 1.12. The van der Waals surface area contributed by atoms with Gasteiger partial charge in [0.15, 0.2) is 5.82 Å². The van der Waals surface area contributed by atoms with Crippen LogP contribution in [0.15, 0.2) is 0 Å². The molecule has 1 atom stereocenters. The minimum absolute atomic E-state index is 0.373. The van der Waals surface area contributed by atoms with Crippen LogP contribution < -0.4 is 10.6 Å². The fraction of sp³-hybridized carbons (Fsp3) is 0.600.